The summed E-state index contributed by atoms with van der Waals surface area (Å²) in [6.45, 7) is 0.698. The molecule has 180 valence electrons. The smallest absolute Gasteiger partial charge is 0.419 e. The summed E-state index contributed by atoms with van der Waals surface area (Å²) in [6.07, 6.45) is 1.61. The molecular formula is C22H24N4O7S. The van der Waals surface area contributed by atoms with Gasteiger partial charge in [0.25, 0.3) is 5.91 Å². The number of benzene rings is 2. The molecule has 34 heavy (non-hydrogen) atoms. The van der Waals surface area contributed by atoms with Crippen molar-refractivity contribution in [3.8, 4) is 5.75 Å². The molecule has 2 heterocycles. The highest BCUT2D eigenvalue weighted by Crippen LogP contribution is 2.24. The van der Waals surface area contributed by atoms with Crippen molar-refractivity contribution in [3.05, 3.63) is 53.0 Å². The molecule has 1 aliphatic heterocycles. The average molecular weight is 489 g/mol. The van der Waals surface area contributed by atoms with Gasteiger partial charge in [-0.1, -0.05) is 6.07 Å². The van der Waals surface area contributed by atoms with Crippen LogP contribution in [0.15, 0.2) is 56.6 Å². The van der Waals surface area contributed by atoms with Crippen LogP contribution in [0.4, 0.5) is 5.69 Å². The molecule has 1 saturated heterocycles. The predicted molar refractivity (Wildman–Crippen MR) is 123 cm³/mol. The van der Waals surface area contributed by atoms with E-state index in [9.17, 15) is 22.8 Å². The Hall–Kier alpha value is -3.64. The first-order valence-electron chi connectivity index (χ1n) is 10.7. The number of nitrogens with two attached hydrogens (primary N) is 1. The van der Waals surface area contributed by atoms with E-state index in [1.807, 2.05) is 0 Å². The Balaban J connectivity index is 1.44. The summed E-state index contributed by atoms with van der Waals surface area (Å²) in [4.78, 5) is 35.7. The van der Waals surface area contributed by atoms with Crippen LogP contribution in [0.3, 0.4) is 0 Å². The van der Waals surface area contributed by atoms with Gasteiger partial charge in [0, 0.05) is 43.9 Å². The van der Waals surface area contributed by atoms with Crippen LogP contribution in [-0.4, -0.2) is 48.8 Å². The molecule has 2 aromatic carbocycles. The number of hydrogen-bond donors (Lipinski definition) is 2. The first-order chi connectivity index (χ1) is 16.2. The lowest BCUT2D eigenvalue weighted by molar-refractivity contribution is -0.120. The number of fused-ring (bicyclic) bond motifs is 1. The molecule has 3 N–H and O–H groups in total. The quantitative estimate of drug-likeness (QED) is 0.460. The third kappa shape index (κ3) is 5.13. The van der Waals surface area contributed by atoms with Gasteiger partial charge >= 0.3 is 5.76 Å². The van der Waals surface area contributed by atoms with Crippen molar-refractivity contribution < 1.29 is 27.2 Å². The predicted octanol–water partition coefficient (Wildman–Crippen LogP) is 1.27. The number of primary amides is 1. The second-order valence-corrected chi connectivity index (χ2v) is 9.78. The molecule has 0 aliphatic carbocycles. The third-order valence-electron chi connectivity index (χ3n) is 5.40. The molecule has 0 bridgehead atoms. The molecule has 4 rings (SSSR count). The number of amides is 2. The SMILES string of the molecule is NC(=O)COc1cccc(NC(=O)CCn2c(=O)oc3cc(S(=O)(=O)N4CCCC4)ccc32)c1. The molecule has 12 heteroatoms. The van der Waals surface area contributed by atoms with E-state index in [0.29, 0.717) is 30.0 Å². The van der Waals surface area contributed by atoms with E-state index < -0.39 is 21.7 Å². The maximum atomic E-state index is 12.8. The molecule has 0 unspecified atom stereocenters. The van der Waals surface area contributed by atoms with E-state index in [0.717, 1.165) is 12.8 Å². The zero-order chi connectivity index (χ0) is 24.3. The van der Waals surface area contributed by atoms with Crippen molar-refractivity contribution >= 4 is 38.6 Å². The van der Waals surface area contributed by atoms with Crippen LogP contribution in [0.2, 0.25) is 0 Å². The van der Waals surface area contributed by atoms with E-state index in [4.69, 9.17) is 14.9 Å². The van der Waals surface area contributed by atoms with Gasteiger partial charge in [-0.2, -0.15) is 4.31 Å². The fraction of sp³-hybridized carbons (Fsp3) is 0.318. The van der Waals surface area contributed by atoms with Crippen molar-refractivity contribution in [1.82, 2.24) is 8.87 Å². The minimum atomic E-state index is -3.64. The van der Waals surface area contributed by atoms with Crippen LogP contribution in [0.1, 0.15) is 19.3 Å². The van der Waals surface area contributed by atoms with E-state index in [1.54, 1.807) is 24.3 Å². The Bertz CT molecular complexity index is 1390. The second kappa shape index (κ2) is 9.69. The first kappa shape index (κ1) is 23.5. The zero-order valence-corrected chi connectivity index (χ0v) is 19.0. The molecule has 0 atom stereocenters. The first-order valence-corrected chi connectivity index (χ1v) is 12.1. The zero-order valence-electron chi connectivity index (χ0n) is 18.2. The van der Waals surface area contributed by atoms with Crippen LogP contribution in [0.25, 0.3) is 11.1 Å². The van der Waals surface area contributed by atoms with E-state index in [1.165, 1.54) is 27.1 Å². The lowest BCUT2D eigenvalue weighted by Crippen LogP contribution is -2.27. The number of rotatable bonds is 9. The number of hydrogen-bond acceptors (Lipinski definition) is 7. The van der Waals surface area contributed by atoms with Crippen LogP contribution in [0.5, 0.6) is 5.75 Å². The number of sulfonamides is 1. The summed E-state index contributed by atoms with van der Waals surface area (Å²) in [7, 11) is -3.64. The van der Waals surface area contributed by atoms with Gasteiger partial charge in [0.2, 0.25) is 15.9 Å². The maximum absolute atomic E-state index is 12.8. The highest BCUT2D eigenvalue weighted by molar-refractivity contribution is 7.89. The van der Waals surface area contributed by atoms with Gasteiger partial charge in [-0.25, -0.2) is 13.2 Å². The van der Waals surface area contributed by atoms with Gasteiger partial charge in [0.1, 0.15) is 5.75 Å². The lowest BCUT2D eigenvalue weighted by Gasteiger charge is -2.15. The Kier molecular flexibility index (Phi) is 6.70. The summed E-state index contributed by atoms with van der Waals surface area (Å²) < 4.78 is 38.7. The van der Waals surface area contributed by atoms with Crippen molar-refractivity contribution in [2.24, 2.45) is 5.73 Å². The summed E-state index contributed by atoms with van der Waals surface area (Å²) in [5.74, 6) is -1.29. The number of anilines is 1. The number of nitrogens with one attached hydrogen (secondary N) is 1. The molecular weight excluding hydrogens is 464 g/mol. The number of aryl methyl sites for hydroxylation is 1. The molecule has 1 aromatic heterocycles. The minimum Gasteiger partial charge on any atom is -0.484 e. The van der Waals surface area contributed by atoms with Gasteiger partial charge in [-0.3, -0.25) is 14.2 Å². The fourth-order valence-electron chi connectivity index (χ4n) is 3.75. The molecule has 11 nitrogen and oxygen atoms in total. The molecule has 3 aromatic rings. The highest BCUT2D eigenvalue weighted by atomic mass is 32.2. The van der Waals surface area contributed by atoms with E-state index >= 15 is 0 Å². The molecule has 1 fully saturated rings. The number of carbonyl (C=O) groups is 2. The molecule has 2 amide bonds. The number of carbonyl (C=O) groups excluding carboxylic acids is 2. The van der Waals surface area contributed by atoms with E-state index in [-0.39, 0.29) is 36.0 Å². The highest BCUT2D eigenvalue weighted by Gasteiger charge is 2.28. The third-order valence-corrected chi connectivity index (χ3v) is 7.30. The van der Waals surface area contributed by atoms with Crippen LogP contribution < -0.4 is 21.5 Å². The number of oxazole rings is 1. The van der Waals surface area contributed by atoms with Crippen LogP contribution in [-0.2, 0) is 26.2 Å². The Morgan fingerprint density at radius 1 is 1.12 bits per heavy atom. The normalized spacial score (nSPS) is 14.4. The molecule has 1 aliphatic rings. The average Bonchev–Trinajstić information content (AvgIpc) is 3.44. The summed E-state index contributed by atoms with van der Waals surface area (Å²) in [5, 5.41) is 2.69. The van der Waals surface area contributed by atoms with Gasteiger partial charge < -0.3 is 20.2 Å². The Morgan fingerprint density at radius 2 is 1.88 bits per heavy atom. The fourth-order valence-corrected chi connectivity index (χ4v) is 5.28. The standard InChI is InChI=1S/C22H24N4O7S/c23-20(27)14-32-16-5-3-4-15(12-16)24-21(28)8-11-26-18-7-6-17(13-19(18)33-22(26)29)34(30,31)25-9-1-2-10-25/h3-7,12-13H,1-2,8-11,14H2,(H2,23,27)(H,24,28). The second-order valence-electron chi connectivity index (χ2n) is 7.84. The van der Waals surface area contributed by atoms with Crippen molar-refractivity contribution in [1.29, 1.82) is 0 Å². The summed E-state index contributed by atoms with van der Waals surface area (Å²) in [5.41, 5.74) is 6.05. The van der Waals surface area contributed by atoms with Gasteiger partial charge in [-0.15, -0.1) is 0 Å². The molecule has 0 radical (unpaired) electrons. The summed E-state index contributed by atoms with van der Waals surface area (Å²) in [6, 6.07) is 10.8. The van der Waals surface area contributed by atoms with Crippen molar-refractivity contribution in [3.63, 3.8) is 0 Å². The van der Waals surface area contributed by atoms with Gasteiger partial charge in [0.05, 0.1) is 10.4 Å². The monoisotopic (exact) mass is 488 g/mol. The molecule has 0 spiro atoms. The lowest BCUT2D eigenvalue weighted by atomic mass is 10.2. The van der Waals surface area contributed by atoms with Crippen molar-refractivity contribution in [2.45, 2.75) is 30.7 Å². The van der Waals surface area contributed by atoms with E-state index in [2.05, 4.69) is 5.32 Å². The largest absolute Gasteiger partial charge is 0.484 e. The number of ether oxygens (including phenoxy) is 1. The topological polar surface area (TPSA) is 154 Å². The molecule has 0 saturated carbocycles. The summed E-state index contributed by atoms with van der Waals surface area (Å²) >= 11 is 0. The van der Waals surface area contributed by atoms with Gasteiger partial charge in [-0.05, 0) is 37.1 Å². The Morgan fingerprint density at radius 3 is 2.62 bits per heavy atom. The van der Waals surface area contributed by atoms with Crippen LogP contribution in [0, 0.1) is 0 Å². The number of aromatic nitrogens is 1. The Labute approximate surface area is 195 Å². The van der Waals surface area contributed by atoms with Crippen LogP contribution >= 0.6 is 0 Å². The van der Waals surface area contributed by atoms with Gasteiger partial charge in [0.15, 0.2) is 12.2 Å². The van der Waals surface area contributed by atoms with Crippen molar-refractivity contribution in [2.75, 3.05) is 25.0 Å². The minimum absolute atomic E-state index is 0.0330. The maximum Gasteiger partial charge on any atom is 0.419 e. The number of nitrogens with zero attached hydrogens (tertiary/aromatic N) is 2.